The number of Topliss-reactive ketones (excluding diaryl/α,β-unsaturated/α-hetero) is 1. The number of nitro groups is 1. The van der Waals surface area contributed by atoms with Crippen LogP contribution in [-0.2, 0) is 9.59 Å². The van der Waals surface area contributed by atoms with Gasteiger partial charge in [-0.15, -0.1) is 0 Å². The van der Waals surface area contributed by atoms with Gasteiger partial charge < -0.3 is 19.6 Å². The summed E-state index contributed by atoms with van der Waals surface area (Å²) >= 11 is 6.17. The fourth-order valence-corrected chi connectivity index (χ4v) is 3.77. The van der Waals surface area contributed by atoms with Gasteiger partial charge in [0.15, 0.2) is 0 Å². The Balaban J connectivity index is 2.15. The first kappa shape index (κ1) is 23.2. The molecule has 32 heavy (non-hydrogen) atoms. The molecule has 1 amide bonds. The molecule has 168 valence electrons. The quantitative estimate of drug-likeness (QED) is 0.222. The lowest BCUT2D eigenvalue weighted by atomic mass is 9.95. The Hall–Kier alpha value is -3.43. The minimum Gasteiger partial charge on any atom is -0.507 e. The van der Waals surface area contributed by atoms with Crippen LogP contribution >= 0.6 is 11.6 Å². The van der Waals surface area contributed by atoms with Crippen molar-refractivity contribution in [2.75, 3.05) is 34.3 Å². The van der Waals surface area contributed by atoms with Gasteiger partial charge in [0, 0.05) is 30.8 Å². The number of rotatable bonds is 7. The Morgan fingerprint density at radius 2 is 1.88 bits per heavy atom. The smallest absolute Gasteiger partial charge is 0.295 e. The normalized spacial score (nSPS) is 17.8. The molecule has 1 fully saturated rings. The SMILES string of the molecule is COc1ccc(C(O)=C2C(=O)C(=O)N(CCN(C)C)[C@H]2c2ccc([N+](=O)[O-])cc2)cc1Cl. The van der Waals surface area contributed by atoms with E-state index in [0.717, 1.165) is 0 Å². The average Bonchev–Trinajstić information content (AvgIpc) is 3.01. The van der Waals surface area contributed by atoms with Gasteiger partial charge >= 0.3 is 0 Å². The molecule has 0 unspecified atom stereocenters. The number of ketones is 1. The number of carbonyl (C=O) groups is 2. The number of hydrogen-bond donors (Lipinski definition) is 1. The van der Waals surface area contributed by atoms with Crippen LogP contribution in [0.15, 0.2) is 48.0 Å². The van der Waals surface area contributed by atoms with Crippen LogP contribution in [0.25, 0.3) is 5.76 Å². The van der Waals surface area contributed by atoms with Crippen molar-refractivity contribution in [2.24, 2.45) is 0 Å². The lowest BCUT2D eigenvalue weighted by Gasteiger charge is -2.26. The van der Waals surface area contributed by atoms with Crippen LogP contribution in [0, 0.1) is 10.1 Å². The van der Waals surface area contributed by atoms with Gasteiger partial charge in [-0.05, 0) is 50.0 Å². The van der Waals surface area contributed by atoms with Gasteiger partial charge in [-0.2, -0.15) is 0 Å². The van der Waals surface area contributed by atoms with E-state index in [-0.39, 0.29) is 34.2 Å². The molecule has 1 saturated heterocycles. The number of hydrogen-bond acceptors (Lipinski definition) is 7. The molecule has 0 bridgehead atoms. The van der Waals surface area contributed by atoms with E-state index in [1.165, 1.54) is 48.4 Å². The Labute approximate surface area is 189 Å². The summed E-state index contributed by atoms with van der Waals surface area (Å²) in [6.45, 7) is 0.699. The molecule has 2 aromatic rings. The van der Waals surface area contributed by atoms with Crippen molar-refractivity contribution >= 4 is 34.7 Å². The molecule has 1 atom stereocenters. The number of nitrogens with zero attached hydrogens (tertiary/aromatic N) is 3. The van der Waals surface area contributed by atoms with Crippen molar-refractivity contribution in [2.45, 2.75) is 6.04 Å². The van der Waals surface area contributed by atoms with Crippen molar-refractivity contribution in [1.29, 1.82) is 0 Å². The number of likely N-dealkylation sites (N-methyl/N-ethyl adjacent to an activating group) is 1. The zero-order valence-corrected chi connectivity index (χ0v) is 18.5. The second-order valence-corrected chi connectivity index (χ2v) is 7.90. The van der Waals surface area contributed by atoms with Gasteiger partial charge in [-0.1, -0.05) is 11.6 Å². The molecule has 0 saturated carbocycles. The monoisotopic (exact) mass is 459 g/mol. The summed E-state index contributed by atoms with van der Waals surface area (Å²) in [5.41, 5.74) is 0.479. The van der Waals surface area contributed by atoms with Crippen LogP contribution in [0.2, 0.25) is 5.02 Å². The Morgan fingerprint density at radius 3 is 2.41 bits per heavy atom. The first-order chi connectivity index (χ1) is 15.1. The third kappa shape index (κ3) is 4.44. The predicted octanol–water partition coefficient (Wildman–Crippen LogP) is 3.24. The van der Waals surface area contributed by atoms with Crippen LogP contribution in [0.1, 0.15) is 17.2 Å². The molecule has 9 nitrogen and oxygen atoms in total. The van der Waals surface area contributed by atoms with Crippen molar-refractivity contribution < 1.29 is 24.4 Å². The number of benzene rings is 2. The number of methoxy groups -OCH3 is 1. The van der Waals surface area contributed by atoms with E-state index in [1.54, 1.807) is 6.07 Å². The van der Waals surface area contributed by atoms with E-state index in [4.69, 9.17) is 16.3 Å². The molecule has 0 aliphatic carbocycles. The van der Waals surface area contributed by atoms with E-state index in [1.807, 2.05) is 19.0 Å². The van der Waals surface area contributed by atoms with Crippen molar-refractivity contribution in [1.82, 2.24) is 9.80 Å². The van der Waals surface area contributed by atoms with Gasteiger partial charge in [-0.25, -0.2) is 0 Å². The number of halogens is 1. The molecule has 0 spiro atoms. The third-order valence-electron chi connectivity index (χ3n) is 5.17. The number of amides is 1. The van der Waals surface area contributed by atoms with Gasteiger partial charge in [-0.3, -0.25) is 19.7 Å². The highest BCUT2D eigenvalue weighted by Crippen LogP contribution is 2.40. The van der Waals surface area contributed by atoms with Gasteiger partial charge in [0.25, 0.3) is 17.4 Å². The largest absolute Gasteiger partial charge is 0.507 e. The number of aliphatic hydroxyl groups is 1. The standard InChI is InChI=1S/C22H22ClN3O6/c1-24(2)10-11-25-19(13-4-7-15(8-5-13)26(30)31)18(21(28)22(25)29)20(27)14-6-9-17(32-3)16(23)12-14/h4-9,12,19,27H,10-11H2,1-3H3/t19-/m0/s1. The van der Waals surface area contributed by atoms with Crippen LogP contribution in [0.5, 0.6) is 5.75 Å². The van der Waals surface area contributed by atoms with Crippen LogP contribution in [0.3, 0.4) is 0 Å². The van der Waals surface area contributed by atoms with Crippen molar-refractivity contribution in [3.05, 3.63) is 74.3 Å². The summed E-state index contributed by atoms with van der Waals surface area (Å²) < 4.78 is 5.12. The van der Waals surface area contributed by atoms with E-state index in [9.17, 15) is 24.8 Å². The van der Waals surface area contributed by atoms with Gasteiger partial charge in [0.05, 0.1) is 28.7 Å². The van der Waals surface area contributed by atoms with E-state index < -0.39 is 22.7 Å². The Morgan fingerprint density at radius 1 is 1.22 bits per heavy atom. The maximum atomic E-state index is 13.0. The van der Waals surface area contributed by atoms with Gasteiger partial charge in [0.1, 0.15) is 11.5 Å². The molecular formula is C22H22ClN3O6. The highest BCUT2D eigenvalue weighted by atomic mass is 35.5. The third-order valence-corrected chi connectivity index (χ3v) is 5.47. The minimum absolute atomic E-state index is 0.108. The molecule has 1 aliphatic heterocycles. The summed E-state index contributed by atoms with van der Waals surface area (Å²) in [5.74, 6) is -1.59. The van der Waals surface area contributed by atoms with Crippen LogP contribution in [-0.4, -0.2) is 65.8 Å². The lowest BCUT2D eigenvalue weighted by Crippen LogP contribution is -2.35. The van der Waals surface area contributed by atoms with Gasteiger partial charge in [0.2, 0.25) is 0 Å². The fraction of sp³-hybridized carbons (Fsp3) is 0.273. The number of likely N-dealkylation sites (tertiary alicyclic amines) is 1. The van der Waals surface area contributed by atoms with Crippen LogP contribution in [0.4, 0.5) is 5.69 Å². The Bertz CT molecular complexity index is 1100. The van der Waals surface area contributed by atoms with E-state index in [0.29, 0.717) is 17.9 Å². The Kier molecular flexibility index (Phi) is 6.81. The minimum atomic E-state index is -0.906. The lowest BCUT2D eigenvalue weighted by molar-refractivity contribution is -0.384. The topological polar surface area (TPSA) is 113 Å². The second kappa shape index (κ2) is 9.37. The molecule has 0 radical (unpaired) electrons. The van der Waals surface area contributed by atoms with Crippen molar-refractivity contribution in [3.8, 4) is 5.75 Å². The average molecular weight is 460 g/mol. The summed E-state index contributed by atoms with van der Waals surface area (Å²) in [6.07, 6.45) is 0. The highest BCUT2D eigenvalue weighted by molar-refractivity contribution is 6.46. The summed E-state index contributed by atoms with van der Waals surface area (Å²) in [5, 5.41) is 22.3. The molecule has 1 aliphatic rings. The molecule has 1 N–H and O–H groups in total. The maximum Gasteiger partial charge on any atom is 0.295 e. The number of non-ortho nitro benzene ring substituents is 1. The van der Waals surface area contributed by atoms with Crippen molar-refractivity contribution in [3.63, 3.8) is 0 Å². The van der Waals surface area contributed by atoms with E-state index >= 15 is 0 Å². The maximum absolute atomic E-state index is 13.0. The summed E-state index contributed by atoms with van der Waals surface area (Å²) in [7, 11) is 5.11. The molecule has 1 heterocycles. The molecule has 10 heteroatoms. The predicted molar refractivity (Wildman–Crippen MR) is 119 cm³/mol. The fourth-order valence-electron chi connectivity index (χ4n) is 3.51. The van der Waals surface area contributed by atoms with Crippen LogP contribution < -0.4 is 4.74 Å². The zero-order chi connectivity index (χ0) is 23.6. The zero-order valence-electron chi connectivity index (χ0n) is 17.7. The first-order valence-corrected chi connectivity index (χ1v) is 10.0. The number of nitro benzene ring substituents is 1. The highest BCUT2D eigenvalue weighted by Gasteiger charge is 2.46. The van der Waals surface area contributed by atoms with E-state index in [2.05, 4.69) is 0 Å². The second-order valence-electron chi connectivity index (χ2n) is 7.49. The molecule has 3 rings (SSSR count). The number of carbonyl (C=O) groups excluding carboxylic acids is 2. The molecular weight excluding hydrogens is 438 g/mol. The number of aliphatic hydroxyl groups excluding tert-OH is 1. The summed E-state index contributed by atoms with van der Waals surface area (Å²) in [4.78, 5) is 39.5. The summed E-state index contributed by atoms with van der Waals surface area (Å²) in [6, 6.07) is 9.15. The molecule has 2 aromatic carbocycles. The molecule has 0 aromatic heterocycles. The number of ether oxygens (including phenoxy) is 1. The first-order valence-electron chi connectivity index (χ1n) is 9.67.